The average Bonchev–Trinajstić information content (AvgIpc) is 2.84. The van der Waals surface area contributed by atoms with E-state index in [2.05, 4.69) is 24.5 Å². The summed E-state index contributed by atoms with van der Waals surface area (Å²) in [5.41, 5.74) is 1.02. The average molecular weight is 473 g/mol. The molecule has 2 aromatic rings. The Labute approximate surface area is 195 Å². The van der Waals surface area contributed by atoms with Gasteiger partial charge in [-0.1, -0.05) is 17.7 Å². The third kappa shape index (κ3) is 6.27. The Morgan fingerprint density at radius 3 is 2.45 bits per heavy atom. The van der Waals surface area contributed by atoms with Crippen LogP contribution in [-0.4, -0.2) is 86.5 Å². The number of likely N-dealkylation sites (tertiary alicyclic amines) is 1. The zero-order valence-electron chi connectivity index (χ0n) is 19.1. The molecule has 0 aliphatic carbocycles. The van der Waals surface area contributed by atoms with Crippen molar-refractivity contribution in [3.63, 3.8) is 0 Å². The third-order valence-corrected chi connectivity index (χ3v) is 7.76. The molecule has 33 heavy (non-hydrogen) atoms. The molecule has 0 saturated carbocycles. The summed E-state index contributed by atoms with van der Waals surface area (Å²) in [6.45, 7) is 7.04. The summed E-state index contributed by atoms with van der Waals surface area (Å²) in [6, 6.07) is 8.66. The molecular formula is C23H32N6O3S. The number of nitrogens with zero attached hydrogens (tertiary/aromatic N) is 5. The number of carbonyl (C=O) groups is 1. The van der Waals surface area contributed by atoms with Crippen LogP contribution in [0.3, 0.4) is 0 Å². The van der Waals surface area contributed by atoms with Crippen molar-refractivity contribution in [3.8, 4) is 0 Å². The number of nitrogens with one attached hydrogen (secondary N) is 1. The van der Waals surface area contributed by atoms with E-state index in [0.29, 0.717) is 32.1 Å². The van der Waals surface area contributed by atoms with Crippen molar-refractivity contribution in [1.29, 1.82) is 0 Å². The van der Waals surface area contributed by atoms with E-state index < -0.39 is 10.0 Å². The molecule has 1 aromatic carbocycles. The number of piperidine rings is 1. The van der Waals surface area contributed by atoms with E-state index in [-0.39, 0.29) is 16.7 Å². The number of piperazine rings is 1. The maximum absolute atomic E-state index is 12.9. The van der Waals surface area contributed by atoms with E-state index >= 15 is 0 Å². The number of hydrogen-bond acceptors (Lipinski definition) is 7. The van der Waals surface area contributed by atoms with Gasteiger partial charge in [-0.2, -0.15) is 0 Å². The maximum Gasteiger partial charge on any atom is 0.240 e. The summed E-state index contributed by atoms with van der Waals surface area (Å²) in [5, 5.41) is 0. The third-order valence-electron chi connectivity index (χ3n) is 6.32. The van der Waals surface area contributed by atoms with Gasteiger partial charge in [0.2, 0.25) is 21.9 Å². The minimum atomic E-state index is -3.52. The van der Waals surface area contributed by atoms with Crippen molar-refractivity contribution in [3.05, 3.63) is 48.3 Å². The Morgan fingerprint density at radius 1 is 1.06 bits per heavy atom. The molecule has 1 N–H and O–H groups in total. The zero-order valence-corrected chi connectivity index (χ0v) is 19.9. The summed E-state index contributed by atoms with van der Waals surface area (Å²) in [7, 11) is -3.52. The van der Waals surface area contributed by atoms with Gasteiger partial charge in [0.05, 0.1) is 11.4 Å². The van der Waals surface area contributed by atoms with Gasteiger partial charge in [-0.15, -0.1) is 0 Å². The highest BCUT2D eigenvalue weighted by Gasteiger charge is 2.27. The summed E-state index contributed by atoms with van der Waals surface area (Å²) in [6.07, 6.45) is 5.38. The Bertz CT molecular complexity index is 1020. The molecule has 9 nitrogen and oxygen atoms in total. The smallest absolute Gasteiger partial charge is 0.240 e. The van der Waals surface area contributed by atoms with Crippen molar-refractivity contribution in [2.24, 2.45) is 5.92 Å². The molecule has 1 amide bonds. The largest absolute Gasteiger partial charge is 0.338 e. The topological polar surface area (TPSA) is 98.7 Å². The van der Waals surface area contributed by atoms with Gasteiger partial charge < -0.3 is 9.80 Å². The van der Waals surface area contributed by atoms with Crippen LogP contribution in [0.25, 0.3) is 0 Å². The number of amides is 1. The summed E-state index contributed by atoms with van der Waals surface area (Å²) >= 11 is 0. The van der Waals surface area contributed by atoms with Crippen molar-refractivity contribution in [1.82, 2.24) is 24.5 Å². The molecule has 0 radical (unpaired) electrons. The van der Waals surface area contributed by atoms with Crippen molar-refractivity contribution in [2.75, 3.05) is 57.3 Å². The van der Waals surface area contributed by atoms with E-state index in [1.165, 1.54) is 0 Å². The number of hydrogen-bond donors (Lipinski definition) is 1. The standard InChI is InChI=1S/C23H32N6O3S/c1-19-5-7-21(8-6-19)33(31,32)26-16-20-4-2-11-27(17-20)18-22(30)28-12-14-29(15-13-28)23-24-9-3-10-25-23/h3,5-10,20,26H,2,4,11-18H2,1H3. The first kappa shape index (κ1) is 23.6. The van der Waals surface area contributed by atoms with Crippen molar-refractivity contribution < 1.29 is 13.2 Å². The first-order valence-electron chi connectivity index (χ1n) is 11.5. The summed E-state index contributed by atoms with van der Waals surface area (Å²) in [5.74, 6) is 1.03. The lowest BCUT2D eigenvalue weighted by Crippen LogP contribution is -2.52. The minimum absolute atomic E-state index is 0.129. The fraction of sp³-hybridized carbons (Fsp3) is 0.522. The molecule has 1 unspecified atom stereocenters. The Hall–Kier alpha value is -2.56. The molecule has 10 heteroatoms. The van der Waals surface area contributed by atoms with Crippen molar-refractivity contribution >= 4 is 21.9 Å². The number of sulfonamides is 1. The maximum atomic E-state index is 12.9. The fourth-order valence-corrected chi connectivity index (χ4v) is 5.51. The van der Waals surface area contributed by atoms with Gasteiger partial charge in [-0.05, 0) is 50.4 Å². The van der Waals surface area contributed by atoms with Crippen LogP contribution in [0.1, 0.15) is 18.4 Å². The second-order valence-electron chi connectivity index (χ2n) is 8.82. The molecule has 1 atom stereocenters. The van der Waals surface area contributed by atoms with Gasteiger partial charge in [0.25, 0.3) is 0 Å². The lowest BCUT2D eigenvalue weighted by Gasteiger charge is -2.37. The summed E-state index contributed by atoms with van der Waals surface area (Å²) < 4.78 is 27.9. The Balaban J connectivity index is 1.23. The molecule has 4 rings (SSSR count). The molecule has 2 saturated heterocycles. The quantitative estimate of drug-likeness (QED) is 0.645. The van der Waals surface area contributed by atoms with E-state index in [0.717, 1.165) is 44.6 Å². The van der Waals surface area contributed by atoms with Gasteiger partial charge in [-0.25, -0.2) is 23.1 Å². The lowest BCUT2D eigenvalue weighted by molar-refractivity contribution is -0.133. The molecule has 2 aliphatic heterocycles. The molecule has 2 fully saturated rings. The fourth-order valence-electron chi connectivity index (χ4n) is 4.39. The highest BCUT2D eigenvalue weighted by molar-refractivity contribution is 7.89. The Kier molecular flexibility index (Phi) is 7.56. The van der Waals surface area contributed by atoms with Crippen LogP contribution in [0.5, 0.6) is 0 Å². The molecule has 3 heterocycles. The summed E-state index contributed by atoms with van der Waals surface area (Å²) in [4.78, 5) is 27.9. The van der Waals surface area contributed by atoms with Crippen molar-refractivity contribution in [2.45, 2.75) is 24.7 Å². The number of anilines is 1. The second kappa shape index (κ2) is 10.6. The number of rotatable bonds is 7. The van der Waals surface area contributed by atoms with Gasteiger partial charge in [0.15, 0.2) is 0 Å². The number of benzene rings is 1. The normalized spacial score (nSPS) is 20.1. The predicted octanol–water partition coefficient (Wildman–Crippen LogP) is 1.12. The first-order valence-corrected chi connectivity index (χ1v) is 13.0. The van der Waals surface area contributed by atoms with E-state index in [1.54, 1.807) is 42.7 Å². The molecule has 178 valence electrons. The molecule has 2 aliphatic rings. The highest BCUT2D eigenvalue weighted by Crippen LogP contribution is 2.18. The number of carbonyl (C=O) groups excluding carboxylic acids is 1. The van der Waals surface area contributed by atoms with Gasteiger partial charge >= 0.3 is 0 Å². The lowest BCUT2D eigenvalue weighted by atomic mass is 9.98. The van der Waals surface area contributed by atoms with Gasteiger partial charge in [0.1, 0.15) is 0 Å². The van der Waals surface area contributed by atoms with Crippen LogP contribution in [0.15, 0.2) is 47.6 Å². The first-order chi connectivity index (χ1) is 15.9. The van der Waals surface area contributed by atoms with Crippen LogP contribution in [0, 0.1) is 12.8 Å². The molecule has 1 aromatic heterocycles. The van der Waals surface area contributed by atoms with Gasteiger partial charge in [-0.3, -0.25) is 9.69 Å². The highest BCUT2D eigenvalue weighted by atomic mass is 32.2. The van der Waals surface area contributed by atoms with Crippen LogP contribution in [0.2, 0.25) is 0 Å². The van der Waals surface area contributed by atoms with E-state index in [1.807, 2.05) is 11.8 Å². The number of aromatic nitrogens is 2. The number of aryl methyl sites for hydroxylation is 1. The molecule has 0 bridgehead atoms. The second-order valence-corrected chi connectivity index (χ2v) is 10.6. The van der Waals surface area contributed by atoms with E-state index in [4.69, 9.17) is 0 Å². The van der Waals surface area contributed by atoms with Crippen LogP contribution in [0.4, 0.5) is 5.95 Å². The van der Waals surface area contributed by atoms with Crippen LogP contribution >= 0.6 is 0 Å². The molecule has 0 spiro atoms. The predicted molar refractivity (Wildman–Crippen MR) is 126 cm³/mol. The van der Waals surface area contributed by atoms with E-state index in [9.17, 15) is 13.2 Å². The van der Waals surface area contributed by atoms with Crippen LogP contribution in [-0.2, 0) is 14.8 Å². The van der Waals surface area contributed by atoms with Crippen LogP contribution < -0.4 is 9.62 Å². The zero-order chi connectivity index (χ0) is 23.3. The van der Waals surface area contributed by atoms with Gasteiger partial charge in [0, 0.05) is 51.7 Å². The minimum Gasteiger partial charge on any atom is -0.338 e. The molecular weight excluding hydrogens is 440 g/mol. The monoisotopic (exact) mass is 472 g/mol. The SMILES string of the molecule is Cc1ccc(S(=O)(=O)NCC2CCCN(CC(=O)N3CCN(c4ncccn4)CC3)C2)cc1. The Morgan fingerprint density at radius 2 is 1.76 bits per heavy atom.